The molecule has 0 saturated heterocycles. The summed E-state index contributed by atoms with van der Waals surface area (Å²) in [7, 11) is 0. The van der Waals surface area contributed by atoms with Crippen molar-refractivity contribution in [2.45, 2.75) is 33.1 Å². The third-order valence-electron chi connectivity index (χ3n) is 3.67. The molecule has 0 bridgehead atoms. The van der Waals surface area contributed by atoms with E-state index in [1.807, 2.05) is 0 Å². The van der Waals surface area contributed by atoms with Crippen LogP contribution in [0.15, 0.2) is 12.3 Å². The van der Waals surface area contributed by atoms with Gasteiger partial charge in [0.1, 0.15) is 5.82 Å². The van der Waals surface area contributed by atoms with Crippen LogP contribution in [-0.2, 0) is 0 Å². The Labute approximate surface area is 125 Å². The Morgan fingerprint density at radius 3 is 2.95 bits per heavy atom. The largest absolute Gasteiger partial charge is 0.370 e. The van der Waals surface area contributed by atoms with Crippen LogP contribution < -0.4 is 10.6 Å². The maximum atomic E-state index is 12.2. The first kappa shape index (κ1) is 15.1. The van der Waals surface area contributed by atoms with Crippen LogP contribution in [0, 0.1) is 11.8 Å². The molecule has 1 unspecified atom stereocenters. The molecule has 5 heteroatoms. The lowest BCUT2D eigenvalue weighted by Gasteiger charge is -2.13. The highest BCUT2D eigenvalue weighted by Crippen LogP contribution is 2.36. The standard InChI is InChI=1S/C15H22ClN3O/c1-3-6-17-14-7-12(13(16)9-18-14)15(20)19-8-10(2)11-4-5-11/h7,9-11H,3-6,8H2,1-2H3,(H,17,18)(H,19,20). The van der Waals surface area contributed by atoms with Crippen molar-refractivity contribution < 1.29 is 4.79 Å². The van der Waals surface area contributed by atoms with Gasteiger partial charge in [0.15, 0.2) is 0 Å². The summed E-state index contributed by atoms with van der Waals surface area (Å²) in [5.41, 5.74) is 0.489. The molecule has 1 heterocycles. The van der Waals surface area contributed by atoms with Crippen LogP contribution in [-0.4, -0.2) is 24.0 Å². The number of nitrogens with one attached hydrogen (secondary N) is 2. The van der Waals surface area contributed by atoms with E-state index in [0.717, 1.165) is 18.9 Å². The number of rotatable bonds is 7. The molecule has 0 spiro atoms. The molecular weight excluding hydrogens is 274 g/mol. The second-order valence-electron chi connectivity index (χ2n) is 5.50. The van der Waals surface area contributed by atoms with Gasteiger partial charge in [-0.15, -0.1) is 0 Å². The Kier molecular flexibility index (Phi) is 5.24. The van der Waals surface area contributed by atoms with E-state index < -0.39 is 0 Å². The fraction of sp³-hybridized carbons (Fsp3) is 0.600. The Morgan fingerprint density at radius 2 is 2.30 bits per heavy atom. The summed E-state index contributed by atoms with van der Waals surface area (Å²) in [5, 5.41) is 6.52. The molecule has 2 rings (SSSR count). The van der Waals surface area contributed by atoms with Gasteiger partial charge in [0.05, 0.1) is 10.6 Å². The first-order valence-corrected chi connectivity index (χ1v) is 7.67. The van der Waals surface area contributed by atoms with Crippen LogP contribution in [0.25, 0.3) is 0 Å². The number of anilines is 1. The maximum Gasteiger partial charge on any atom is 0.252 e. The van der Waals surface area contributed by atoms with Gasteiger partial charge in [-0.3, -0.25) is 4.79 Å². The predicted molar refractivity (Wildman–Crippen MR) is 82.2 cm³/mol. The molecule has 0 aromatic carbocycles. The zero-order chi connectivity index (χ0) is 14.5. The van der Waals surface area contributed by atoms with E-state index in [1.165, 1.54) is 19.0 Å². The average Bonchev–Trinajstić information content (AvgIpc) is 3.28. The van der Waals surface area contributed by atoms with Crippen LogP contribution in [0.3, 0.4) is 0 Å². The molecule has 2 N–H and O–H groups in total. The summed E-state index contributed by atoms with van der Waals surface area (Å²) in [6.07, 6.45) is 5.11. The first-order chi connectivity index (χ1) is 9.61. The molecule has 110 valence electrons. The van der Waals surface area contributed by atoms with Crippen molar-refractivity contribution in [2.75, 3.05) is 18.4 Å². The predicted octanol–water partition coefficient (Wildman–Crippen LogP) is 3.33. The SMILES string of the molecule is CCCNc1cc(C(=O)NCC(C)C2CC2)c(Cl)cn1. The minimum Gasteiger partial charge on any atom is -0.370 e. The zero-order valence-electron chi connectivity index (χ0n) is 12.1. The third kappa shape index (κ3) is 4.10. The van der Waals surface area contributed by atoms with Crippen molar-refractivity contribution in [2.24, 2.45) is 11.8 Å². The smallest absolute Gasteiger partial charge is 0.252 e. The molecule has 0 radical (unpaired) electrons. The number of halogens is 1. The van der Waals surface area contributed by atoms with Crippen molar-refractivity contribution in [3.05, 3.63) is 22.8 Å². The number of pyridine rings is 1. The summed E-state index contributed by atoms with van der Waals surface area (Å²) in [5.74, 6) is 1.89. The van der Waals surface area contributed by atoms with E-state index >= 15 is 0 Å². The average molecular weight is 296 g/mol. The monoisotopic (exact) mass is 295 g/mol. The van der Waals surface area contributed by atoms with Crippen molar-refractivity contribution in [1.82, 2.24) is 10.3 Å². The van der Waals surface area contributed by atoms with Gasteiger partial charge >= 0.3 is 0 Å². The van der Waals surface area contributed by atoms with Gasteiger partial charge in [0.2, 0.25) is 0 Å². The van der Waals surface area contributed by atoms with Gasteiger partial charge in [-0.25, -0.2) is 4.98 Å². The molecule has 1 fully saturated rings. The van der Waals surface area contributed by atoms with Gasteiger partial charge in [-0.1, -0.05) is 25.4 Å². The van der Waals surface area contributed by atoms with Crippen LogP contribution >= 0.6 is 11.6 Å². The number of hydrogen-bond donors (Lipinski definition) is 2. The lowest BCUT2D eigenvalue weighted by atomic mass is 10.1. The number of nitrogens with zero attached hydrogens (tertiary/aromatic N) is 1. The van der Waals surface area contributed by atoms with Gasteiger partial charge in [-0.05, 0) is 37.2 Å². The maximum absolute atomic E-state index is 12.2. The number of amides is 1. The van der Waals surface area contributed by atoms with Crippen molar-refractivity contribution >= 4 is 23.3 Å². The van der Waals surface area contributed by atoms with Gasteiger partial charge < -0.3 is 10.6 Å². The van der Waals surface area contributed by atoms with E-state index in [1.54, 1.807) is 6.07 Å². The quantitative estimate of drug-likeness (QED) is 0.811. The van der Waals surface area contributed by atoms with Crippen molar-refractivity contribution in [1.29, 1.82) is 0 Å². The zero-order valence-corrected chi connectivity index (χ0v) is 12.8. The minimum atomic E-state index is -0.121. The number of aromatic nitrogens is 1. The molecule has 1 aliphatic rings. The van der Waals surface area contributed by atoms with E-state index in [9.17, 15) is 4.79 Å². The van der Waals surface area contributed by atoms with Crippen molar-refractivity contribution in [3.63, 3.8) is 0 Å². The van der Waals surface area contributed by atoms with Gasteiger partial charge in [0.25, 0.3) is 5.91 Å². The van der Waals surface area contributed by atoms with E-state index in [-0.39, 0.29) is 5.91 Å². The topological polar surface area (TPSA) is 54.0 Å². The Bertz CT molecular complexity index is 474. The number of carbonyl (C=O) groups excluding carboxylic acids is 1. The summed E-state index contributed by atoms with van der Waals surface area (Å²) < 4.78 is 0. The molecule has 1 atom stereocenters. The number of hydrogen-bond acceptors (Lipinski definition) is 3. The molecule has 1 aromatic rings. The molecular formula is C15H22ClN3O. The van der Waals surface area contributed by atoms with Gasteiger partial charge in [-0.2, -0.15) is 0 Å². The number of carbonyl (C=O) groups is 1. The van der Waals surface area contributed by atoms with Crippen LogP contribution in [0.4, 0.5) is 5.82 Å². The normalized spacial score (nSPS) is 15.8. The third-order valence-corrected chi connectivity index (χ3v) is 3.97. The lowest BCUT2D eigenvalue weighted by molar-refractivity contribution is 0.0947. The van der Waals surface area contributed by atoms with E-state index in [2.05, 4.69) is 29.5 Å². The molecule has 20 heavy (non-hydrogen) atoms. The Balaban J connectivity index is 1.96. The minimum absolute atomic E-state index is 0.121. The highest BCUT2D eigenvalue weighted by Gasteiger charge is 2.28. The van der Waals surface area contributed by atoms with Crippen LogP contribution in [0.5, 0.6) is 0 Å². The Hall–Kier alpha value is -1.29. The van der Waals surface area contributed by atoms with E-state index in [4.69, 9.17) is 11.6 Å². The summed E-state index contributed by atoms with van der Waals surface area (Å²) in [6, 6.07) is 1.72. The molecule has 1 saturated carbocycles. The molecule has 1 aliphatic carbocycles. The van der Waals surface area contributed by atoms with E-state index in [0.29, 0.717) is 28.9 Å². The van der Waals surface area contributed by atoms with Crippen LogP contribution in [0.1, 0.15) is 43.5 Å². The highest BCUT2D eigenvalue weighted by molar-refractivity contribution is 6.33. The first-order valence-electron chi connectivity index (χ1n) is 7.29. The summed E-state index contributed by atoms with van der Waals surface area (Å²) in [4.78, 5) is 16.4. The molecule has 4 nitrogen and oxygen atoms in total. The second-order valence-corrected chi connectivity index (χ2v) is 5.91. The molecule has 0 aliphatic heterocycles. The van der Waals surface area contributed by atoms with Crippen LogP contribution in [0.2, 0.25) is 5.02 Å². The molecule has 1 aromatic heterocycles. The van der Waals surface area contributed by atoms with Gasteiger partial charge in [0, 0.05) is 19.3 Å². The fourth-order valence-corrected chi connectivity index (χ4v) is 2.33. The molecule has 1 amide bonds. The Morgan fingerprint density at radius 1 is 1.55 bits per heavy atom. The highest BCUT2D eigenvalue weighted by atomic mass is 35.5. The van der Waals surface area contributed by atoms with Crippen molar-refractivity contribution in [3.8, 4) is 0 Å². The summed E-state index contributed by atoms with van der Waals surface area (Å²) in [6.45, 7) is 5.80. The fourth-order valence-electron chi connectivity index (χ4n) is 2.14. The lowest BCUT2D eigenvalue weighted by Crippen LogP contribution is -2.29. The summed E-state index contributed by atoms with van der Waals surface area (Å²) >= 11 is 6.06. The second kappa shape index (κ2) is 6.93.